The van der Waals surface area contributed by atoms with Crippen LogP contribution in [0.1, 0.15) is 65.2 Å². The average Bonchev–Trinajstić information content (AvgIpc) is 2.37. The van der Waals surface area contributed by atoms with Crippen LogP contribution in [0.3, 0.4) is 0 Å². The van der Waals surface area contributed by atoms with Crippen LogP contribution in [0.25, 0.3) is 0 Å². The lowest BCUT2D eigenvalue weighted by atomic mass is 9.73. The van der Waals surface area contributed by atoms with Crippen molar-refractivity contribution in [2.75, 3.05) is 0 Å². The molecule has 0 bridgehead atoms. The molecule has 2 aliphatic carbocycles. The first-order valence-electron chi connectivity index (χ1n) is 7.01. The van der Waals surface area contributed by atoms with E-state index in [-0.39, 0.29) is 0 Å². The maximum atomic E-state index is 3.88. The summed E-state index contributed by atoms with van der Waals surface area (Å²) in [7, 11) is 0. The largest absolute Gasteiger partial charge is 0.311 e. The Kier molecular flexibility index (Phi) is 4.07. The van der Waals surface area contributed by atoms with Crippen LogP contribution < -0.4 is 5.32 Å². The first-order chi connectivity index (χ1) is 7.25. The molecule has 0 amide bonds. The Morgan fingerprint density at radius 3 is 2.00 bits per heavy atom. The van der Waals surface area contributed by atoms with Crippen molar-refractivity contribution in [3.05, 3.63) is 0 Å². The zero-order valence-corrected chi connectivity index (χ0v) is 10.5. The minimum atomic E-state index is 0.852. The minimum absolute atomic E-state index is 0.852. The standard InChI is InChI=1S/C14H27N/c1-11(2)12-9-14(10-12)15-13-7-5-3-4-6-8-13/h11-15H,3-10H2,1-2H3. The van der Waals surface area contributed by atoms with Gasteiger partial charge >= 0.3 is 0 Å². The van der Waals surface area contributed by atoms with Gasteiger partial charge in [0.1, 0.15) is 0 Å². The fraction of sp³-hybridized carbons (Fsp3) is 1.00. The Balaban J connectivity index is 1.65. The van der Waals surface area contributed by atoms with E-state index in [9.17, 15) is 0 Å². The van der Waals surface area contributed by atoms with Crippen molar-refractivity contribution in [1.29, 1.82) is 0 Å². The molecule has 0 aliphatic heterocycles. The van der Waals surface area contributed by atoms with Crippen LogP contribution in [0.5, 0.6) is 0 Å². The van der Waals surface area contributed by atoms with E-state index in [2.05, 4.69) is 19.2 Å². The molecule has 15 heavy (non-hydrogen) atoms. The molecule has 0 saturated heterocycles. The van der Waals surface area contributed by atoms with Crippen molar-refractivity contribution >= 4 is 0 Å². The summed E-state index contributed by atoms with van der Waals surface area (Å²) in [6.07, 6.45) is 11.6. The van der Waals surface area contributed by atoms with Gasteiger partial charge in [0.05, 0.1) is 0 Å². The average molecular weight is 209 g/mol. The first kappa shape index (κ1) is 11.4. The molecule has 0 atom stereocenters. The fourth-order valence-electron chi connectivity index (χ4n) is 3.12. The van der Waals surface area contributed by atoms with Gasteiger partial charge in [-0.3, -0.25) is 0 Å². The molecule has 88 valence electrons. The molecule has 2 saturated carbocycles. The van der Waals surface area contributed by atoms with E-state index in [1.54, 1.807) is 0 Å². The van der Waals surface area contributed by atoms with E-state index in [4.69, 9.17) is 0 Å². The van der Waals surface area contributed by atoms with Crippen molar-refractivity contribution in [1.82, 2.24) is 5.32 Å². The van der Waals surface area contributed by atoms with Crippen molar-refractivity contribution in [2.24, 2.45) is 11.8 Å². The molecule has 1 N–H and O–H groups in total. The smallest absolute Gasteiger partial charge is 0.00751 e. The molecule has 0 aromatic rings. The van der Waals surface area contributed by atoms with Crippen LogP contribution in [0.15, 0.2) is 0 Å². The second kappa shape index (κ2) is 5.34. The Hall–Kier alpha value is -0.0400. The highest BCUT2D eigenvalue weighted by Crippen LogP contribution is 2.34. The SMILES string of the molecule is CC(C)C1CC(NC2CCCCCC2)C1. The van der Waals surface area contributed by atoms with Gasteiger partial charge in [0.25, 0.3) is 0 Å². The topological polar surface area (TPSA) is 12.0 Å². The quantitative estimate of drug-likeness (QED) is 0.698. The predicted molar refractivity (Wildman–Crippen MR) is 66.0 cm³/mol. The van der Waals surface area contributed by atoms with Crippen molar-refractivity contribution < 1.29 is 0 Å². The molecule has 0 aromatic carbocycles. The summed E-state index contributed by atoms with van der Waals surface area (Å²) < 4.78 is 0. The van der Waals surface area contributed by atoms with Gasteiger partial charge in [-0.2, -0.15) is 0 Å². The van der Waals surface area contributed by atoms with Gasteiger partial charge < -0.3 is 5.32 Å². The number of hydrogen-bond acceptors (Lipinski definition) is 1. The number of hydrogen-bond donors (Lipinski definition) is 1. The second-order valence-corrected chi connectivity index (χ2v) is 6.03. The van der Waals surface area contributed by atoms with Crippen LogP contribution in [-0.2, 0) is 0 Å². The van der Waals surface area contributed by atoms with E-state index in [1.807, 2.05) is 0 Å². The lowest BCUT2D eigenvalue weighted by Gasteiger charge is -2.40. The summed E-state index contributed by atoms with van der Waals surface area (Å²) in [5.74, 6) is 1.91. The van der Waals surface area contributed by atoms with Gasteiger partial charge in [-0.25, -0.2) is 0 Å². The second-order valence-electron chi connectivity index (χ2n) is 6.03. The van der Waals surface area contributed by atoms with Gasteiger partial charge in [0.15, 0.2) is 0 Å². The number of rotatable bonds is 3. The lowest BCUT2D eigenvalue weighted by Crippen LogP contribution is -2.47. The maximum absolute atomic E-state index is 3.88. The summed E-state index contributed by atoms with van der Waals surface area (Å²) in [4.78, 5) is 0. The summed E-state index contributed by atoms with van der Waals surface area (Å²) >= 11 is 0. The predicted octanol–water partition coefficient (Wildman–Crippen LogP) is 3.73. The van der Waals surface area contributed by atoms with Crippen LogP contribution >= 0.6 is 0 Å². The molecule has 2 rings (SSSR count). The Morgan fingerprint density at radius 1 is 0.867 bits per heavy atom. The number of nitrogens with one attached hydrogen (secondary N) is 1. The molecule has 0 heterocycles. The highest BCUT2D eigenvalue weighted by Gasteiger charge is 2.32. The van der Waals surface area contributed by atoms with E-state index in [0.717, 1.165) is 23.9 Å². The Morgan fingerprint density at radius 2 is 1.47 bits per heavy atom. The van der Waals surface area contributed by atoms with E-state index in [0.29, 0.717) is 0 Å². The third kappa shape index (κ3) is 3.21. The normalized spacial score (nSPS) is 33.8. The molecule has 1 nitrogen and oxygen atoms in total. The van der Waals surface area contributed by atoms with Crippen LogP contribution in [-0.4, -0.2) is 12.1 Å². The molecular weight excluding hydrogens is 182 g/mol. The van der Waals surface area contributed by atoms with Crippen LogP contribution in [0.4, 0.5) is 0 Å². The van der Waals surface area contributed by atoms with E-state index >= 15 is 0 Å². The van der Waals surface area contributed by atoms with Crippen molar-refractivity contribution in [3.8, 4) is 0 Å². The van der Waals surface area contributed by atoms with Crippen LogP contribution in [0.2, 0.25) is 0 Å². The van der Waals surface area contributed by atoms with Gasteiger partial charge in [-0.05, 0) is 37.5 Å². The molecule has 2 aliphatic rings. The molecule has 0 radical (unpaired) electrons. The lowest BCUT2D eigenvalue weighted by molar-refractivity contribution is 0.154. The van der Waals surface area contributed by atoms with Gasteiger partial charge in [-0.15, -0.1) is 0 Å². The summed E-state index contributed by atoms with van der Waals surface area (Å²) in [5.41, 5.74) is 0. The molecule has 1 heteroatoms. The molecular formula is C14H27N. The zero-order valence-electron chi connectivity index (χ0n) is 10.5. The third-order valence-electron chi connectivity index (χ3n) is 4.44. The minimum Gasteiger partial charge on any atom is -0.311 e. The van der Waals surface area contributed by atoms with E-state index < -0.39 is 0 Å². The molecule has 0 aromatic heterocycles. The first-order valence-corrected chi connectivity index (χ1v) is 7.01. The Labute approximate surface area is 95.0 Å². The highest BCUT2D eigenvalue weighted by atomic mass is 15.0. The van der Waals surface area contributed by atoms with Crippen LogP contribution in [0, 0.1) is 11.8 Å². The summed E-state index contributed by atoms with van der Waals surface area (Å²) in [6.45, 7) is 4.74. The monoisotopic (exact) mass is 209 g/mol. The van der Waals surface area contributed by atoms with Crippen molar-refractivity contribution in [2.45, 2.75) is 77.3 Å². The maximum Gasteiger partial charge on any atom is 0.00751 e. The summed E-state index contributed by atoms with van der Waals surface area (Å²) in [6, 6.07) is 1.71. The highest BCUT2D eigenvalue weighted by molar-refractivity contribution is 4.89. The third-order valence-corrected chi connectivity index (χ3v) is 4.44. The van der Waals surface area contributed by atoms with Gasteiger partial charge in [0, 0.05) is 12.1 Å². The van der Waals surface area contributed by atoms with Gasteiger partial charge in [0.2, 0.25) is 0 Å². The summed E-state index contributed by atoms with van der Waals surface area (Å²) in [5, 5.41) is 3.88. The molecule has 2 fully saturated rings. The fourth-order valence-corrected chi connectivity index (χ4v) is 3.12. The van der Waals surface area contributed by atoms with Gasteiger partial charge in [-0.1, -0.05) is 39.5 Å². The zero-order chi connectivity index (χ0) is 10.7. The van der Waals surface area contributed by atoms with E-state index in [1.165, 1.54) is 51.4 Å². The molecule has 0 unspecified atom stereocenters. The molecule has 0 spiro atoms. The van der Waals surface area contributed by atoms with Crippen molar-refractivity contribution in [3.63, 3.8) is 0 Å². The Bertz CT molecular complexity index is 174.